The second-order valence-electron chi connectivity index (χ2n) is 5.81. The number of hydrogen-bond acceptors (Lipinski definition) is 4. The van der Waals surface area contributed by atoms with Crippen LogP contribution in [0.25, 0.3) is 0 Å². The first-order valence-corrected chi connectivity index (χ1v) is 8.03. The zero-order chi connectivity index (χ0) is 16.1. The number of rotatable bonds is 5. The van der Waals surface area contributed by atoms with E-state index in [4.69, 9.17) is 5.11 Å². The van der Waals surface area contributed by atoms with Gasteiger partial charge in [-0.1, -0.05) is 12.1 Å². The van der Waals surface area contributed by atoms with Crippen LogP contribution in [0.4, 0.5) is 5.69 Å². The molecule has 1 amide bonds. The maximum atomic E-state index is 12.3. The molecule has 3 rings (SSSR count). The van der Waals surface area contributed by atoms with Crippen molar-refractivity contribution in [1.82, 2.24) is 15.1 Å². The molecule has 0 spiro atoms. The fraction of sp³-hybridized carbons (Fsp3) is 0.412. The van der Waals surface area contributed by atoms with Crippen LogP contribution in [0, 0.1) is 0 Å². The van der Waals surface area contributed by atoms with Crippen molar-refractivity contribution in [3.05, 3.63) is 47.8 Å². The molecular weight excluding hydrogens is 292 g/mol. The summed E-state index contributed by atoms with van der Waals surface area (Å²) < 4.78 is 1.88. The number of anilines is 1. The van der Waals surface area contributed by atoms with Gasteiger partial charge in [0.15, 0.2) is 5.69 Å². The van der Waals surface area contributed by atoms with E-state index in [9.17, 15) is 4.79 Å². The van der Waals surface area contributed by atoms with Crippen LogP contribution >= 0.6 is 0 Å². The van der Waals surface area contributed by atoms with E-state index in [-0.39, 0.29) is 12.5 Å². The molecule has 0 radical (unpaired) electrons. The van der Waals surface area contributed by atoms with Gasteiger partial charge in [0.1, 0.15) is 0 Å². The molecule has 2 aromatic rings. The lowest BCUT2D eigenvalue weighted by molar-refractivity contribution is 0.102. The molecule has 0 saturated carbocycles. The van der Waals surface area contributed by atoms with Gasteiger partial charge < -0.3 is 15.7 Å². The molecule has 23 heavy (non-hydrogen) atoms. The van der Waals surface area contributed by atoms with E-state index in [0.717, 1.165) is 37.2 Å². The number of carbonyl (C=O) groups excluding carboxylic acids is 1. The van der Waals surface area contributed by atoms with Crippen LogP contribution in [0.1, 0.15) is 34.9 Å². The van der Waals surface area contributed by atoms with Gasteiger partial charge in [-0.3, -0.25) is 9.48 Å². The summed E-state index contributed by atoms with van der Waals surface area (Å²) in [4.78, 5) is 12.3. The summed E-state index contributed by atoms with van der Waals surface area (Å²) in [5.41, 5.74) is 2.19. The highest BCUT2D eigenvalue weighted by Gasteiger charge is 2.17. The minimum Gasteiger partial charge on any atom is -0.396 e. The highest BCUT2D eigenvalue weighted by Crippen LogP contribution is 2.16. The summed E-state index contributed by atoms with van der Waals surface area (Å²) in [6.07, 6.45) is 4.71. The molecule has 1 aromatic heterocycles. The standard InChI is InChI=1S/C17H22N4O2/c22-11-8-13-3-5-14(6-4-13)19-17(23)16-7-10-21(20-16)15-2-1-9-18-12-15/h3-7,10,15,18,22H,1-2,8-9,11-12H2,(H,19,23). The molecular formula is C17H22N4O2. The van der Waals surface area contributed by atoms with Crippen molar-refractivity contribution in [2.24, 2.45) is 0 Å². The normalized spacial score (nSPS) is 17.9. The Kier molecular flexibility index (Phi) is 5.05. The van der Waals surface area contributed by atoms with E-state index in [0.29, 0.717) is 18.2 Å². The number of nitrogens with zero attached hydrogens (tertiary/aromatic N) is 2. The van der Waals surface area contributed by atoms with Gasteiger partial charge in [0.2, 0.25) is 0 Å². The minimum absolute atomic E-state index is 0.124. The molecule has 1 unspecified atom stereocenters. The number of piperidine rings is 1. The Balaban J connectivity index is 1.62. The number of carbonyl (C=O) groups is 1. The summed E-state index contributed by atoms with van der Waals surface area (Å²) in [5.74, 6) is -0.206. The van der Waals surface area contributed by atoms with E-state index in [1.807, 2.05) is 35.1 Å². The van der Waals surface area contributed by atoms with Crippen molar-refractivity contribution < 1.29 is 9.90 Å². The average Bonchev–Trinajstić information content (AvgIpc) is 3.08. The molecule has 1 aromatic carbocycles. The molecule has 1 aliphatic rings. The summed E-state index contributed by atoms with van der Waals surface area (Å²) in [7, 11) is 0. The zero-order valence-corrected chi connectivity index (χ0v) is 13.0. The van der Waals surface area contributed by atoms with Gasteiger partial charge in [-0.05, 0) is 49.6 Å². The summed E-state index contributed by atoms with van der Waals surface area (Å²) in [6, 6.07) is 9.55. The lowest BCUT2D eigenvalue weighted by Gasteiger charge is -2.22. The number of nitrogens with one attached hydrogen (secondary N) is 2. The van der Waals surface area contributed by atoms with E-state index >= 15 is 0 Å². The van der Waals surface area contributed by atoms with Crippen LogP contribution in [0.3, 0.4) is 0 Å². The molecule has 6 nitrogen and oxygen atoms in total. The van der Waals surface area contributed by atoms with Crippen molar-refractivity contribution in [3.63, 3.8) is 0 Å². The Labute approximate surface area is 135 Å². The number of aliphatic hydroxyl groups is 1. The number of amides is 1. The molecule has 3 N–H and O–H groups in total. The lowest BCUT2D eigenvalue weighted by atomic mass is 10.1. The molecule has 0 bridgehead atoms. The van der Waals surface area contributed by atoms with Crippen LogP contribution < -0.4 is 10.6 Å². The van der Waals surface area contributed by atoms with E-state index < -0.39 is 0 Å². The van der Waals surface area contributed by atoms with Crippen LogP contribution in [-0.2, 0) is 6.42 Å². The third-order valence-electron chi connectivity index (χ3n) is 4.10. The number of aliphatic hydroxyl groups excluding tert-OH is 1. The van der Waals surface area contributed by atoms with Gasteiger partial charge in [0, 0.05) is 25.0 Å². The third kappa shape index (κ3) is 3.97. The predicted molar refractivity (Wildman–Crippen MR) is 88.6 cm³/mol. The average molecular weight is 314 g/mol. The van der Waals surface area contributed by atoms with Crippen molar-refractivity contribution in [2.45, 2.75) is 25.3 Å². The van der Waals surface area contributed by atoms with E-state index in [2.05, 4.69) is 15.7 Å². The summed E-state index contributed by atoms with van der Waals surface area (Å²) in [6.45, 7) is 2.08. The van der Waals surface area contributed by atoms with Gasteiger partial charge in [-0.25, -0.2) is 0 Å². The van der Waals surface area contributed by atoms with Crippen LogP contribution in [-0.4, -0.2) is 40.5 Å². The predicted octanol–water partition coefficient (Wildman–Crippen LogP) is 1.59. The van der Waals surface area contributed by atoms with Gasteiger partial charge in [0.25, 0.3) is 5.91 Å². The van der Waals surface area contributed by atoms with Crippen molar-refractivity contribution in [3.8, 4) is 0 Å². The molecule has 1 saturated heterocycles. The maximum absolute atomic E-state index is 12.3. The Morgan fingerprint density at radius 2 is 2.17 bits per heavy atom. The molecule has 1 fully saturated rings. The van der Waals surface area contributed by atoms with Crippen molar-refractivity contribution >= 4 is 11.6 Å². The summed E-state index contributed by atoms with van der Waals surface area (Å²) in [5, 5.41) is 19.5. The molecule has 1 aliphatic heterocycles. The Hall–Kier alpha value is -2.18. The minimum atomic E-state index is -0.206. The van der Waals surface area contributed by atoms with Gasteiger partial charge >= 0.3 is 0 Å². The highest BCUT2D eigenvalue weighted by molar-refractivity contribution is 6.02. The van der Waals surface area contributed by atoms with Crippen LogP contribution in [0.2, 0.25) is 0 Å². The monoisotopic (exact) mass is 314 g/mol. The molecule has 122 valence electrons. The number of benzene rings is 1. The van der Waals surface area contributed by atoms with Crippen LogP contribution in [0.5, 0.6) is 0 Å². The van der Waals surface area contributed by atoms with Crippen molar-refractivity contribution in [1.29, 1.82) is 0 Å². The van der Waals surface area contributed by atoms with Gasteiger partial charge in [-0.2, -0.15) is 5.10 Å². The second kappa shape index (κ2) is 7.39. The van der Waals surface area contributed by atoms with Crippen molar-refractivity contribution in [2.75, 3.05) is 25.0 Å². The molecule has 1 atom stereocenters. The molecule has 0 aliphatic carbocycles. The number of hydrogen-bond donors (Lipinski definition) is 3. The quantitative estimate of drug-likeness (QED) is 0.783. The van der Waals surface area contributed by atoms with Gasteiger partial charge in [-0.15, -0.1) is 0 Å². The largest absolute Gasteiger partial charge is 0.396 e. The first-order valence-electron chi connectivity index (χ1n) is 8.03. The Morgan fingerprint density at radius 3 is 2.87 bits per heavy atom. The number of aromatic nitrogens is 2. The fourth-order valence-corrected chi connectivity index (χ4v) is 2.80. The first-order chi connectivity index (χ1) is 11.3. The van der Waals surface area contributed by atoms with Gasteiger partial charge in [0.05, 0.1) is 6.04 Å². The molecule has 6 heteroatoms. The van der Waals surface area contributed by atoms with Crippen LogP contribution in [0.15, 0.2) is 36.5 Å². The van der Waals surface area contributed by atoms with E-state index in [1.165, 1.54) is 0 Å². The zero-order valence-electron chi connectivity index (χ0n) is 13.0. The Morgan fingerprint density at radius 1 is 1.35 bits per heavy atom. The summed E-state index contributed by atoms with van der Waals surface area (Å²) >= 11 is 0. The lowest BCUT2D eigenvalue weighted by Crippen LogP contribution is -2.32. The topological polar surface area (TPSA) is 79.2 Å². The molecule has 2 heterocycles. The Bertz CT molecular complexity index is 645. The third-order valence-corrected chi connectivity index (χ3v) is 4.10. The SMILES string of the molecule is O=C(Nc1ccc(CCO)cc1)c1ccn(C2CCCNC2)n1. The maximum Gasteiger partial charge on any atom is 0.276 e. The smallest absolute Gasteiger partial charge is 0.276 e. The highest BCUT2D eigenvalue weighted by atomic mass is 16.3. The van der Waals surface area contributed by atoms with E-state index in [1.54, 1.807) is 6.07 Å². The first kappa shape index (κ1) is 15.7. The second-order valence-corrected chi connectivity index (χ2v) is 5.81. The fourth-order valence-electron chi connectivity index (χ4n) is 2.80.